The maximum absolute atomic E-state index is 13.9. The van der Waals surface area contributed by atoms with Crippen molar-refractivity contribution in [1.82, 2.24) is 9.80 Å². The third kappa shape index (κ3) is 8.90. The molecule has 218 valence electrons. The summed E-state index contributed by atoms with van der Waals surface area (Å²) in [5.74, 6) is 1.67. The standard InChI is InChI=1S/C34H48N2O4/c1-3-39-31-17-13-27(14-18-31)33(37)29(25-35-21-7-5-8-22-35)11-12-30(26-36-23-9-6-10-24-36)34(38)28-15-19-32(20-16-28)40-4-2/h13-20,29-30H,3-12,21-26H2,1-2H3. The van der Waals surface area contributed by atoms with Gasteiger partial charge >= 0.3 is 0 Å². The van der Waals surface area contributed by atoms with E-state index in [0.717, 1.165) is 61.9 Å². The first-order valence-electron chi connectivity index (χ1n) is 15.6. The summed E-state index contributed by atoms with van der Waals surface area (Å²) in [7, 11) is 0. The monoisotopic (exact) mass is 548 g/mol. The molecule has 0 aromatic heterocycles. The third-order valence-electron chi connectivity index (χ3n) is 8.36. The molecule has 0 aliphatic carbocycles. The van der Waals surface area contributed by atoms with Crippen LogP contribution in [0.15, 0.2) is 48.5 Å². The second-order valence-corrected chi connectivity index (χ2v) is 11.3. The van der Waals surface area contributed by atoms with Crippen LogP contribution in [0.1, 0.15) is 85.9 Å². The van der Waals surface area contributed by atoms with Gasteiger partial charge in [-0.25, -0.2) is 0 Å². The van der Waals surface area contributed by atoms with Crippen molar-refractivity contribution in [2.24, 2.45) is 11.8 Å². The minimum atomic E-state index is -0.131. The highest BCUT2D eigenvalue weighted by Crippen LogP contribution is 2.26. The van der Waals surface area contributed by atoms with Crippen molar-refractivity contribution in [3.05, 3.63) is 59.7 Å². The van der Waals surface area contributed by atoms with Gasteiger partial charge in [0, 0.05) is 36.1 Å². The first kappa shape index (κ1) is 30.3. The number of carbonyl (C=O) groups excluding carboxylic acids is 2. The van der Waals surface area contributed by atoms with Gasteiger partial charge in [-0.1, -0.05) is 12.8 Å². The number of likely N-dealkylation sites (tertiary alicyclic amines) is 2. The molecule has 2 aromatic rings. The Morgan fingerprint density at radius 2 is 0.950 bits per heavy atom. The zero-order valence-corrected chi connectivity index (χ0v) is 24.6. The van der Waals surface area contributed by atoms with E-state index in [1.165, 1.54) is 38.5 Å². The fourth-order valence-corrected chi connectivity index (χ4v) is 6.16. The lowest BCUT2D eigenvalue weighted by Crippen LogP contribution is -2.39. The molecule has 6 nitrogen and oxygen atoms in total. The Morgan fingerprint density at radius 1 is 0.600 bits per heavy atom. The van der Waals surface area contributed by atoms with Crippen molar-refractivity contribution in [2.75, 3.05) is 52.5 Å². The molecule has 2 unspecified atom stereocenters. The number of ketones is 2. The van der Waals surface area contributed by atoms with Crippen LogP contribution < -0.4 is 9.47 Å². The summed E-state index contributed by atoms with van der Waals surface area (Å²) in [6.07, 6.45) is 8.73. The molecule has 2 heterocycles. The number of carbonyl (C=O) groups is 2. The van der Waals surface area contributed by atoms with E-state index in [2.05, 4.69) is 9.80 Å². The first-order chi connectivity index (χ1) is 19.6. The average molecular weight is 549 g/mol. The number of piperidine rings is 2. The minimum Gasteiger partial charge on any atom is -0.494 e. The molecule has 2 atom stereocenters. The molecule has 2 aromatic carbocycles. The molecule has 2 fully saturated rings. The Bertz CT molecular complexity index is 955. The van der Waals surface area contributed by atoms with Gasteiger partial charge in [0.2, 0.25) is 0 Å². The van der Waals surface area contributed by atoms with Crippen LogP contribution in [0.2, 0.25) is 0 Å². The van der Waals surface area contributed by atoms with Gasteiger partial charge in [-0.05, 0) is 127 Å². The molecule has 0 saturated carbocycles. The van der Waals surface area contributed by atoms with Crippen molar-refractivity contribution < 1.29 is 19.1 Å². The summed E-state index contributed by atoms with van der Waals surface area (Å²) >= 11 is 0. The largest absolute Gasteiger partial charge is 0.494 e. The van der Waals surface area contributed by atoms with E-state index in [1.807, 2.05) is 62.4 Å². The van der Waals surface area contributed by atoms with E-state index in [9.17, 15) is 9.59 Å². The topological polar surface area (TPSA) is 59.1 Å². The lowest BCUT2D eigenvalue weighted by molar-refractivity contribution is 0.0793. The summed E-state index contributed by atoms with van der Waals surface area (Å²) in [5, 5.41) is 0. The summed E-state index contributed by atoms with van der Waals surface area (Å²) < 4.78 is 11.2. The van der Waals surface area contributed by atoms with Crippen molar-refractivity contribution in [3.8, 4) is 11.5 Å². The zero-order valence-electron chi connectivity index (χ0n) is 24.6. The van der Waals surface area contributed by atoms with Gasteiger partial charge < -0.3 is 19.3 Å². The molecule has 0 N–H and O–H groups in total. The van der Waals surface area contributed by atoms with Crippen LogP contribution in [0.4, 0.5) is 0 Å². The number of hydrogen-bond donors (Lipinski definition) is 0. The summed E-state index contributed by atoms with van der Waals surface area (Å²) in [4.78, 5) is 32.6. The second-order valence-electron chi connectivity index (χ2n) is 11.3. The normalized spacial score (nSPS) is 18.1. The molecule has 0 spiro atoms. The highest BCUT2D eigenvalue weighted by molar-refractivity contribution is 5.99. The number of nitrogens with zero attached hydrogens (tertiary/aromatic N) is 2. The Kier molecular flexibility index (Phi) is 12.0. The fourth-order valence-electron chi connectivity index (χ4n) is 6.16. The third-order valence-corrected chi connectivity index (χ3v) is 8.36. The fraction of sp³-hybridized carbons (Fsp3) is 0.588. The number of benzene rings is 2. The quantitative estimate of drug-likeness (QED) is 0.236. The molecule has 40 heavy (non-hydrogen) atoms. The summed E-state index contributed by atoms with van der Waals surface area (Å²) in [6.45, 7) is 10.9. The summed E-state index contributed by atoms with van der Waals surface area (Å²) in [5.41, 5.74) is 1.46. The van der Waals surface area contributed by atoms with E-state index < -0.39 is 0 Å². The van der Waals surface area contributed by atoms with E-state index in [4.69, 9.17) is 9.47 Å². The molecule has 2 aliphatic rings. The van der Waals surface area contributed by atoms with Crippen LogP contribution in [0.5, 0.6) is 11.5 Å². The van der Waals surface area contributed by atoms with Crippen molar-refractivity contribution in [1.29, 1.82) is 0 Å². The molecular weight excluding hydrogens is 500 g/mol. The molecule has 6 heteroatoms. The van der Waals surface area contributed by atoms with Crippen molar-refractivity contribution in [3.63, 3.8) is 0 Å². The van der Waals surface area contributed by atoms with Crippen LogP contribution in [0, 0.1) is 11.8 Å². The highest BCUT2D eigenvalue weighted by Gasteiger charge is 2.29. The Hall–Kier alpha value is -2.70. The van der Waals surface area contributed by atoms with Gasteiger partial charge in [-0.3, -0.25) is 9.59 Å². The Morgan fingerprint density at radius 3 is 1.27 bits per heavy atom. The highest BCUT2D eigenvalue weighted by atomic mass is 16.5. The summed E-state index contributed by atoms with van der Waals surface area (Å²) in [6, 6.07) is 15.2. The Balaban J connectivity index is 1.50. The van der Waals surface area contributed by atoms with Crippen molar-refractivity contribution in [2.45, 2.75) is 65.2 Å². The molecule has 0 radical (unpaired) electrons. The van der Waals surface area contributed by atoms with Gasteiger partial charge in [0.25, 0.3) is 0 Å². The molecule has 0 amide bonds. The van der Waals surface area contributed by atoms with Gasteiger partial charge in [-0.2, -0.15) is 0 Å². The predicted molar refractivity (Wildman–Crippen MR) is 161 cm³/mol. The number of Topliss-reactive ketones (excluding diaryl/α,β-unsaturated/α-hetero) is 2. The number of ether oxygens (including phenoxy) is 2. The second kappa shape index (κ2) is 15.9. The van der Waals surface area contributed by atoms with Crippen LogP contribution in [-0.2, 0) is 0 Å². The first-order valence-corrected chi connectivity index (χ1v) is 15.6. The minimum absolute atomic E-state index is 0.131. The molecule has 4 rings (SSSR count). The smallest absolute Gasteiger partial charge is 0.167 e. The van der Waals surface area contributed by atoms with E-state index in [1.54, 1.807) is 0 Å². The van der Waals surface area contributed by atoms with Crippen LogP contribution >= 0.6 is 0 Å². The Labute approximate surface area is 241 Å². The van der Waals surface area contributed by atoms with E-state index >= 15 is 0 Å². The lowest BCUT2D eigenvalue weighted by Gasteiger charge is -2.32. The molecular formula is C34H48N2O4. The number of hydrogen-bond acceptors (Lipinski definition) is 6. The van der Waals surface area contributed by atoms with E-state index in [-0.39, 0.29) is 23.4 Å². The molecule has 2 saturated heterocycles. The van der Waals surface area contributed by atoms with Crippen molar-refractivity contribution >= 4 is 11.6 Å². The molecule has 0 bridgehead atoms. The lowest BCUT2D eigenvalue weighted by atomic mass is 9.85. The number of rotatable bonds is 15. The van der Waals surface area contributed by atoms with Crippen LogP contribution in [-0.4, -0.2) is 73.8 Å². The van der Waals surface area contributed by atoms with E-state index in [0.29, 0.717) is 26.1 Å². The van der Waals surface area contributed by atoms with Gasteiger partial charge in [0.1, 0.15) is 11.5 Å². The van der Waals surface area contributed by atoms with Gasteiger partial charge in [-0.15, -0.1) is 0 Å². The van der Waals surface area contributed by atoms with Crippen LogP contribution in [0.25, 0.3) is 0 Å². The van der Waals surface area contributed by atoms with Gasteiger partial charge in [0.15, 0.2) is 11.6 Å². The van der Waals surface area contributed by atoms with Gasteiger partial charge in [0.05, 0.1) is 13.2 Å². The zero-order chi connectivity index (χ0) is 28.2. The maximum Gasteiger partial charge on any atom is 0.167 e. The maximum atomic E-state index is 13.9. The van der Waals surface area contributed by atoms with Crippen LogP contribution in [0.3, 0.4) is 0 Å². The average Bonchev–Trinajstić information content (AvgIpc) is 3.00. The predicted octanol–water partition coefficient (Wildman–Crippen LogP) is 6.53. The SMILES string of the molecule is CCOc1ccc(C(=O)C(CCC(CN2CCCCC2)C(=O)c2ccc(OCC)cc2)CN2CCCCC2)cc1. The molecule has 2 aliphatic heterocycles.